The molecule has 0 bridgehead atoms. The molecular weight excluding hydrogens is 404 g/mol. The number of fused-ring (bicyclic) bond motifs is 1. The zero-order valence-electron chi connectivity index (χ0n) is 19.0. The summed E-state index contributed by atoms with van der Waals surface area (Å²) in [6.45, 7) is 7.87. The Morgan fingerprint density at radius 1 is 0.938 bits per heavy atom. The number of ether oxygens (including phenoxy) is 2. The van der Waals surface area contributed by atoms with E-state index in [0.29, 0.717) is 39.4 Å². The van der Waals surface area contributed by atoms with Crippen molar-refractivity contribution in [2.24, 2.45) is 0 Å². The zero-order valence-corrected chi connectivity index (χ0v) is 19.0. The van der Waals surface area contributed by atoms with Crippen LogP contribution in [-0.4, -0.2) is 73.9 Å². The van der Waals surface area contributed by atoms with Crippen molar-refractivity contribution in [3.05, 3.63) is 53.6 Å². The highest BCUT2D eigenvalue weighted by atomic mass is 16.5. The molecule has 32 heavy (non-hydrogen) atoms. The van der Waals surface area contributed by atoms with Gasteiger partial charge in [-0.25, -0.2) is 9.97 Å². The van der Waals surface area contributed by atoms with Gasteiger partial charge in [-0.05, 0) is 37.1 Å². The summed E-state index contributed by atoms with van der Waals surface area (Å²) in [6, 6.07) is 14.4. The van der Waals surface area contributed by atoms with E-state index in [1.165, 1.54) is 11.1 Å². The van der Waals surface area contributed by atoms with E-state index in [1.807, 2.05) is 23.1 Å². The second kappa shape index (κ2) is 10.1. The highest BCUT2D eigenvalue weighted by Gasteiger charge is 2.25. The lowest BCUT2D eigenvalue weighted by Crippen LogP contribution is -2.50. The third kappa shape index (κ3) is 4.89. The Morgan fingerprint density at radius 3 is 2.25 bits per heavy atom. The van der Waals surface area contributed by atoms with Crippen molar-refractivity contribution in [2.75, 3.05) is 58.0 Å². The molecule has 0 saturated carbocycles. The molecule has 7 heteroatoms. The van der Waals surface area contributed by atoms with Gasteiger partial charge in [0.2, 0.25) is 5.91 Å². The van der Waals surface area contributed by atoms with Crippen LogP contribution in [-0.2, 0) is 14.3 Å². The quantitative estimate of drug-likeness (QED) is 0.532. The van der Waals surface area contributed by atoms with E-state index in [4.69, 9.17) is 19.4 Å². The highest BCUT2D eigenvalue weighted by molar-refractivity contribution is 5.85. The molecule has 0 aliphatic carbocycles. The van der Waals surface area contributed by atoms with Crippen molar-refractivity contribution in [2.45, 2.75) is 13.8 Å². The first-order valence-electron chi connectivity index (χ1n) is 11.0. The summed E-state index contributed by atoms with van der Waals surface area (Å²) in [5.74, 6) is 0.884. The molecule has 0 atom stereocenters. The first-order chi connectivity index (χ1) is 15.6. The number of nitrogens with zero attached hydrogens (tertiary/aromatic N) is 4. The van der Waals surface area contributed by atoms with Gasteiger partial charge in [0.15, 0.2) is 5.82 Å². The highest BCUT2D eigenvalue weighted by Crippen LogP contribution is 2.31. The number of piperazine rings is 1. The summed E-state index contributed by atoms with van der Waals surface area (Å²) in [5, 5.41) is 0. The second-order valence-electron chi connectivity index (χ2n) is 8.10. The van der Waals surface area contributed by atoms with Crippen LogP contribution in [0.4, 0.5) is 5.82 Å². The Balaban J connectivity index is 1.57. The smallest absolute Gasteiger partial charge is 0.248 e. The lowest BCUT2D eigenvalue weighted by Gasteiger charge is -2.36. The van der Waals surface area contributed by atoms with E-state index in [9.17, 15) is 4.79 Å². The minimum Gasteiger partial charge on any atom is -0.382 e. The van der Waals surface area contributed by atoms with Crippen LogP contribution in [0.25, 0.3) is 22.3 Å². The van der Waals surface area contributed by atoms with Gasteiger partial charge < -0.3 is 19.3 Å². The third-order valence-electron chi connectivity index (χ3n) is 5.90. The van der Waals surface area contributed by atoms with Crippen LogP contribution in [0, 0.1) is 13.8 Å². The van der Waals surface area contributed by atoms with Gasteiger partial charge in [-0.3, -0.25) is 4.79 Å². The lowest BCUT2D eigenvalue weighted by atomic mass is 10.1. The topological polar surface area (TPSA) is 67.8 Å². The number of aromatic nitrogens is 2. The summed E-state index contributed by atoms with van der Waals surface area (Å²) >= 11 is 0. The predicted octanol–water partition coefficient (Wildman–Crippen LogP) is 3.23. The molecule has 4 rings (SSSR count). The van der Waals surface area contributed by atoms with Crippen molar-refractivity contribution in [3.63, 3.8) is 0 Å². The first-order valence-corrected chi connectivity index (χ1v) is 11.0. The van der Waals surface area contributed by atoms with Gasteiger partial charge in [0, 0.05) is 38.9 Å². The molecule has 1 aliphatic rings. The van der Waals surface area contributed by atoms with E-state index in [1.54, 1.807) is 7.11 Å². The second-order valence-corrected chi connectivity index (χ2v) is 8.10. The summed E-state index contributed by atoms with van der Waals surface area (Å²) < 4.78 is 10.3. The Morgan fingerprint density at radius 2 is 1.59 bits per heavy atom. The van der Waals surface area contributed by atoms with Crippen molar-refractivity contribution < 1.29 is 14.3 Å². The zero-order chi connectivity index (χ0) is 22.5. The number of amides is 1. The lowest BCUT2D eigenvalue weighted by molar-refractivity contribution is -0.136. The van der Waals surface area contributed by atoms with Gasteiger partial charge >= 0.3 is 0 Å². The molecule has 1 fully saturated rings. The van der Waals surface area contributed by atoms with E-state index in [0.717, 1.165) is 28.1 Å². The molecule has 2 heterocycles. The van der Waals surface area contributed by atoms with E-state index < -0.39 is 0 Å². The van der Waals surface area contributed by atoms with Gasteiger partial charge in [0.1, 0.15) is 12.3 Å². The first kappa shape index (κ1) is 22.2. The van der Waals surface area contributed by atoms with Gasteiger partial charge in [0.05, 0.1) is 24.2 Å². The van der Waals surface area contributed by atoms with Gasteiger partial charge in [-0.2, -0.15) is 0 Å². The Bertz CT molecular complexity index is 1080. The molecule has 0 spiro atoms. The molecule has 1 amide bonds. The average Bonchev–Trinajstić information content (AvgIpc) is 2.82. The van der Waals surface area contributed by atoms with Gasteiger partial charge in [0.25, 0.3) is 0 Å². The number of methoxy groups -OCH3 is 1. The molecule has 168 valence electrons. The molecular formula is C25H30N4O3. The van der Waals surface area contributed by atoms with Crippen LogP contribution >= 0.6 is 0 Å². The summed E-state index contributed by atoms with van der Waals surface area (Å²) in [4.78, 5) is 26.6. The van der Waals surface area contributed by atoms with Crippen molar-refractivity contribution in [3.8, 4) is 11.3 Å². The monoisotopic (exact) mass is 434 g/mol. The number of rotatable bonds is 7. The van der Waals surface area contributed by atoms with Crippen LogP contribution in [0.1, 0.15) is 11.1 Å². The molecule has 3 aromatic rings. The average molecular weight is 435 g/mol. The molecule has 1 aromatic heterocycles. The minimum atomic E-state index is 0.0136. The molecule has 1 aliphatic heterocycles. The maximum atomic E-state index is 12.5. The van der Waals surface area contributed by atoms with Crippen LogP contribution in [0.2, 0.25) is 0 Å². The normalized spacial score (nSPS) is 14.2. The fourth-order valence-corrected chi connectivity index (χ4v) is 3.87. The van der Waals surface area contributed by atoms with E-state index in [-0.39, 0.29) is 12.5 Å². The van der Waals surface area contributed by atoms with Crippen LogP contribution in [0.15, 0.2) is 42.5 Å². The molecule has 0 radical (unpaired) electrons. The van der Waals surface area contributed by atoms with E-state index >= 15 is 0 Å². The fraction of sp³-hybridized carbons (Fsp3) is 0.400. The molecule has 0 N–H and O–H groups in total. The SMILES string of the molecule is COCCOCC(=O)N1CCN(c2nc3cc(C)c(C)cc3nc2-c2ccccc2)CC1. The predicted molar refractivity (Wildman–Crippen MR) is 126 cm³/mol. The number of anilines is 1. The van der Waals surface area contributed by atoms with Gasteiger partial charge in [-0.15, -0.1) is 0 Å². The number of aryl methyl sites for hydroxylation is 2. The maximum Gasteiger partial charge on any atom is 0.248 e. The summed E-state index contributed by atoms with van der Waals surface area (Å²) in [5.41, 5.74) is 6.13. The van der Waals surface area contributed by atoms with Crippen molar-refractivity contribution in [1.82, 2.24) is 14.9 Å². The number of hydrogen-bond acceptors (Lipinski definition) is 6. The van der Waals surface area contributed by atoms with Crippen LogP contribution in [0.5, 0.6) is 0 Å². The van der Waals surface area contributed by atoms with Crippen LogP contribution < -0.4 is 4.90 Å². The molecule has 7 nitrogen and oxygen atoms in total. The van der Waals surface area contributed by atoms with E-state index in [2.05, 4.69) is 43.0 Å². The summed E-state index contributed by atoms with van der Waals surface area (Å²) in [6.07, 6.45) is 0. The Hall–Kier alpha value is -3.03. The Kier molecular flexibility index (Phi) is 6.97. The fourth-order valence-electron chi connectivity index (χ4n) is 3.87. The summed E-state index contributed by atoms with van der Waals surface area (Å²) in [7, 11) is 1.62. The molecule has 0 unspecified atom stereocenters. The molecule has 1 saturated heterocycles. The number of carbonyl (C=O) groups excluding carboxylic acids is 1. The minimum absolute atomic E-state index is 0.0136. The maximum absolute atomic E-state index is 12.5. The van der Waals surface area contributed by atoms with Crippen molar-refractivity contribution in [1.29, 1.82) is 0 Å². The van der Waals surface area contributed by atoms with Crippen LogP contribution in [0.3, 0.4) is 0 Å². The number of hydrogen-bond donors (Lipinski definition) is 0. The number of carbonyl (C=O) groups is 1. The number of benzene rings is 2. The third-order valence-corrected chi connectivity index (χ3v) is 5.90. The van der Waals surface area contributed by atoms with Crippen molar-refractivity contribution >= 4 is 22.8 Å². The largest absolute Gasteiger partial charge is 0.382 e. The van der Waals surface area contributed by atoms with Gasteiger partial charge in [-0.1, -0.05) is 30.3 Å². The Labute approximate surface area is 189 Å². The molecule has 2 aromatic carbocycles. The standard InChI is InChI=1S/C25H30N4O3/c1-18-15-21-22(16-19(18)2)27-25(24(26-21)20-7-5-4-6-8-20)29-11-9-28(10-12-29)23(30)17-32-14-13-31-3/h4-8,15-16H,9-14,17H2,1-3H3.